The van der Waals surface area contributed by atoms with Gasteiger partial charge in [0.2, 0.25) is 0 Å². The molecule has 0 spiro atoms. The van der Waals surface area contributed by atoms with Crippen molar-refractivity contribution in [3.05, 3.63) is 78.2 Å². The highest BCUT2D eigenvalue weighted by atomic mass is 16.2. The van der Waals surface area contributed by atoms with E-state index in [9.17, 15) is 4.79 Å². The predicted octanol–water partition coefficient (Wildman–Crippen LogP) is 3.77. The highest BCUT2D eigenvalue weighted by Gasteiger charge is 2.03. The van der Waals surface area contributed by atoms with Crippen LogP contribution in [0.1, 0.15) is 11.1 Å². The van der Waals surface area contributed by atoms with Crippen LogP contribution in [-0.4, -0.2) is 16.0 Å². The molecule has 5 nitrogen and oxygen atoms in total. The van der Waals surface area contributed by atoms with E-state index in [4.69, 9.17) is 0 Å². The maximum Gasteiger partial charge on any atom is 0.319 e. The van der Waals surface area contributed by atoms with Crippen molar-refractivity contribution in [1.29, 1.82) is 0 Å². The van der Waals surface area contributed by atoms with Gasteiger partial charge >= 0.3 is 6.03 Å². The number of nitrogens with one attached hydrogen (secondary N) is 2. The number of hydrogen-bond acceptors (Lipinski definition) is 3. The summed E-state index contributed by atoms with van der Waals surface area (Å²) < 4.78 is 0. The summed E-state index contributed by atoms with van der Waals surface area (Å²) in [5.41, 5.74) is 4.63. The SMILES string of the molecule is Cc1cccc(NC(=O)NCc2ccc(-c3cccnc3)nc2)c1. The minimum absolute atomic E-state index is 0.239. The van der Waals surface area contributed by atoms with Crippen molar-refractivity contribution in [2.45, 2.75) is 13.5 Å². The van der Waals surface area contributed by atoms with E-state index in [0.29, 0.717) is 6.54 Å². The highest BCUT2D eigenvalue weighted by Crippen LogP contribution is 2.15. The first-order valence-electron chi connectivity index (χ1n) is 7.67. The lowest BCUT2D eigenvalue weighted by atomic mass is 10.1. The number of aryl methyl sites for hydroxylation is 1. The Labute approximate surface area is 140 Å². The van der Waals surface area contributed by atoms with E-state index in [2.05, 4.69) is 20.6 Å². The third-order valence-electron chi connectivity index (χ3n) is 3.51. The van der Waals surface area contributed by atoms with Crippen LogP contribution in [0, 0.1) is 6.92 Å². The van der Waals surface area contributed by atoms with E-state index >= 15 is 0 Å². The molecule has 24 heavy (non-hydrogen) atoms. The number of nitrogens with zero attached hydrogens (tertiary/aromatic N) is 2. The van der Waals surface area contributed by atoms with Gasteiger partial charge in [0.1, 0.15) is 0 Å². The average molecular weight is 318 g/mol. The molecule has 0 aliphatic carbocycles. The van der Waals surface area contributed by atoms with E-state index in [-0.39, 0.29) is 6.03 Å². The molecule has 0 radical (unpaired) electrons. The molecule has 0 fully saturated rings. The largest absolute Gasteiger partial charge is 0.334 e. The fourth-order valence-electron chi connectivity index (χ4n) is 2.29. The number of hydrogen-bond donors (Lipinski definition) is 2. The van der Waals surface area contributed by atoms with Gasteiger partial charge in [-0.15, -0.1) is 0 Å². The summed E-state index contributed by atoms with van der Waals surface area (Å²) >= 11 is 0. The molecule has 2 amide bonds. The summed E-state index contributed by atoms with van der Waals surface area (Å²) in [6.45, 7) is 2.40. The first-order valence-corrected chi connectivity index (χ1v) is 7.67. The summed E-state index contributed by atoms with van der Waals surface area (Å²) in [5, 5.41) is 5.64. The second-order valence-corrected chi connectivity index (χ2v) is 5.47. The molecule has 2 aromatic heterocycles. The van der Waals surface area contributed by atoms with Crippen LogP contribution in [0.2, 0.25) is 0 Å². The fourth-order valence-corrected chi connectivity index (χ4v) is 2.29. The Morgan fingerprint density at radius 3 is 2.71 bits per heavy atom. The van der Waals surface area contributed by atoms with Gasteiger partial charge in [-0.2, -0.15) is 0 Å². The van der Waals surface area contributed by atoms with Gasteiger partial charge in [0.15, 0.2) is 0 Å². The fraction of sp³-hybridized carbons (Fsp3) is 0.105. The number of anilines is 1. The molecule has 1 aromatic carbocycles. The Bertz CT molecular complexity index is 816. The van der Waals surface area contributed by atoms with Crippen molar-refractivity contribution >= 4 is 11.7 Å². The van der Waals surface area contributed by atoms with Crippen LogP contribution in [0.5, 0.6) is 0 Å². The molecule has 0 saturated heterocycles. The Balaban J connectivity index is 1.56. The molecule has 0 saturated carbocycles. The standard InChI is InChI=1S/C19H18N4O/c1-14-4-2-6-17(10-14)23-19(24)22-12-15-7-8-18(21-11-15)16-5-3-9-20-13-16/h2-11,13H,12H2,1H3,(H2,22,23,24). The number of pyridine rings is 2. The number of amides is 2. The smallest absolute Gasteiger partial charge is 0.319 e. The second kappa shape index (κ2) is 7.37. The third kappa shape index (κ3) is 4.16. The second-order valence-electron chi connectivity index (χ2n) is 5.47. The van der Waals surface area contributed by atoms with Gasteiger partial charge < -0.3 is 10.6 Å². The lowest BCUT2D eigenvalue weighted by Crippen LogP contribution is -2.28. The molecule has 0 unspecified atom stereocenters. The topological polar surface area (TPSA) is 66.9 Å². The number of carbonyl (C=O) groups is 1. The maximum atomic E-state index is 11.9. The Kier molecular flexibility index (Phi) is 4.81. The van der Waals surface area contributed by atoms with Gasteiger partial charge in [-0.3, -0.25) is 9.97 Å². The molecule has 2 heterocycles. The van der Waals surface area contributed by atoms with Gasteiger partial charge in [0.25, 0.3) is 0 Å². The van der Waals surface area contributed by atoms with Crippen LogP contribution in [0.15, 0.2) is 67.1 Å². The van der Waals surface area contributed by atoms with Crippen LogP contribution >= 0.6 is 0 Å². The molecule has 0 bridgehead atoms. The molecule has 0 aliphatic rings. The maximum absolute atomic E-state index is 11.9. The zero-order chi connectivity index (χ0) is 16.8. The van der Waals surface area contributed by atoms with Crippen LogP contribution in [-0.2, 0) is 6.54 Å². The van der Waals surface area contributed by atoms with Crippen molar-refractivity contribution in [3.8, 4) is 11.3 Å². The zero-order valence-corrected chi connectivity index (χ0v) is 13.4. The molecule has 2 N–H and O–H groups in total. The lowest BCUT2D eigenvalue weighted by Gasteiger charge is -2.08. The monoisotopic (exact) mass is 318 g/mol. The van der Waals surface area contributed by atoms with Crippen molar-refractivity contribution in [1.82, 2.24) is 15.3 Å². The van der Waals surface area contributed by atoms with E-state index in [1.807, 2.05) is 55.5 Å². The summed E-state index contributed by atoms with van der Waals surface area (Å²) in [6, 6.07) is 15.1. The van der Waals surface area contributed by atoms with Crippen LogP contribution < -0.4 is 10.6 Å². The summed E-state index contributed by atoms with van der Waals surface area (Å²) in [6.07, 6.45) is 5.26. The number of urea groups is 1. The van der Waals surface area contributed by atoms with E-state index in [0.717, 1.165) is 28.1 Å². The third-order valence-corrected chi connectivity index (χ3v) is 3.51. The summed E-state index contributed by atoms with van der Waals surface area (Å²) in [5.74, 6) is 0. The molecule has 3 rings (SSSR count). The van der Waals surface area contributed by atoms with E-state index < -0.39 is 0 Å². The average Bonchev–Trinajstić information content (AvgIpc) is 2.61. The van der Waals surface area contributed by atoms with Gasteiger partial charge in [-0.25, -0.2) is 4.79 Å². The molecule has 5 heteroatoms. The minimum Gasteiger partial charge on any atom is -0.334 e. The first-order chi connectivity index (χ1) is 11.7. The van der Waals surface area contributed by atoms with E-state index in [1.54, 1.807) is 18.6 Å². The quantitative estimate of drug-likeness (QED) is 0.769. The van der Waals surface area contributed by atoms with Crippen molar-refractivity contribution in [2.24, 2.45) is 0 Å². The van der Waals surface area contributed by atoms with Crippen LogP contribution in [0.3, 0.4) is 0 Å². The highest BCUT2D eigenvalue weighted by molar-refractivity contribution is 5.89. The Morgan fingerprint density at radius 1 is 1.08 bits per heavy atom. The van der Waals surface area contributed by atoms with Gasteiger partial charge in [-0.1, -0.05) is 18.2 Å². The number of carbonyl (C=O) groups excluding carboxylic acids is 1. The van der Waals surface area contributed by atoms with Crippen molar-refractivity contribution in [2.75, 3.05) is 5.32 Å². The first kappa shape index (κ1) is 15.7. The molecule has 0 aliphatic heterocycles. The lowest BCUT2D eigenvalue weighted by molar-refractivity contribution is 0.251. The number of benzene rings is 1. The molecular weight excluding hydrogens is 300 g/mol. The van der Waals surface area contributed by atoms with Gasteiger partial charge in [0, 0.05) is 36.4 Å². The molecule has 120 valence electrons. The van der Waals surface area contributed by atoms with Crippen molar-refractivity contribution in [3.63, 3.8) is 0 Å². The number of rotatable bonds is 4. The van der Waals surface area contributed by atoms with Crippen LogP contribution in [0.25, 0.3) is 11.3 Å². The predicted molar refractivity (Wildman–Crippen MR) is 94.5 cm³/mol. The summed E-state index contributed by atoms with van der Waals surface area (Å²) in [4.78, 5) is 20.4. The molecule has 0 atom stereocenters. The normalized spacial score (nSPS) is 10.2. The van der Waals surface area contributed by atoms with Gasteiger partial charge in [-0.05, 0) is 48.4 Å². The Hall–Kier alpha value is -3.21. The van der Waals surface area contributed by atoms with Gasteiger partial charge in [0.05, 0.1) is 5.69 Å². The van der Waals surface area contributed by atoms with Crippen molar-refractivity contribution < 1.29 is 4.79 Å². The van der Waals surface area contributed by atoms with Crippen LogP contribution in [0.4, 0.5) is 10.5 Å². The zero-order valence-electron chi connectivity index (χ0n) is 13.4. The minimum atomic E-state index is -0.239. The Morgan fingerprint density at radius 2 is 2.00 bits per heavy atom. The molecular formula is C19H18N4O. The molecule has 3 aromatic rings. The summed E-state index contributed by atoms with van der Waals surface area (Å²) in [7, 11) is 0. The van der Waals surface area contributed by atoms with E-state index in [1.165, 1.54) is 0 Å². The number of aromatic nitrogens is 2.